The molecular weight excluding hydrogens is 344 g/mol. The average Bonchev–Trinajstić information content (AvgIpc) is 3.08. The van der Waals surface area contributed by atoms with Crippen molar-refractivity contribution in [3.05, 3.63) is 39.3 Å². The van der Waals surface area contributed by atoms with Crippen molar-refractivity contribution in [2.75, 3.05) is 13.1 Å². The minimum atomic E-state index is 0.135. The first-order valence-electron chi connectivity index (χ1n) is 9.86. The molecule has 1 saturated heterocycles. The Hall–Kier alpha value is -1.66. The molecule has 0 radical (unpaired) electrons. The van der Waals surface area contributed by atoms with Gasteiger partial charge in [-0.2, -0.15) is 16.4 Å². The summed E-state index contributed by atoms with van der Waals surface area (Å²) >= 11 is 1.70. The topological polar surface area (TPSA) is 61.0 Å². The number of hydrogen-bond donors (Lipinski definition) is 2. The van der Waals surface area contributed by atoms with Crippen LogP contribution in [0, 0.1) is 5.41 Å². The normalized spacial score (nSPS) is 23.6. The molecule has 6 heteroatoms. The van der Waals surface area contributed by atoms with Gasteiger partial charge in [0, 0.05) is 23.8 Å². The molecule has 26 heavy (non-hydrogen) atoms. The first-order chi connectivity index (χ1) is 12.8. The van der Waals surface area contributed by atoms with Gasteiger partial charge in [0.25, 0.3) is 5.91 Å². The van der Waals surface area contributed by atoms with Gasteiger partial charge in [-0.05, 0) is 85.8 Å². The van der Waals surface area contributed by atoms with Crippen molar-refractivity contribution in [3.8, 4) is 0 Å². The number of amides is 1. The zero-order chi connectivity index (χ0) is 17.6. The molecule has 2 aromatic heterocycles. The number of fused-ring (bicyclic) bond motifs is 1. The van der Waals surface area contributed by atoms with E-state index < -0.39 is 0 Å². The predicted octanol–water partition coefficient (Wildman–Crippen LogP) is 3.13. The Labute approximate surface area is 158 Å². The van der Waals surface area contributed by atoms with Crippen LogP contribution in [0.15, 0.2) is 16.8 Å². The zero-order valence-corrected chi connectivity index (χ0v) is 15.9. The van der Waals surface area contributed by atoms with Crippen LogP contribution in [-0.4, -0.2) is 40.1 Å². The number of aryl methyl sites for hydroxylation is 1. The molecule has 3 heterocycles. The van der Waals surface area contributed by atoms with Gasteiger partial charge in [-0.3, -0.25) is 9.89 Å². The minimum absolute atomic E-state index is 0.135. The lowest BCUT2D eigenvalue weighted by Gasteiger charge is -2.29. The van der Waals surface area contributed by atoms with Crippen LogP contribution in [0.2, 0.25) is 0 Å². The lowest BCUT2D eigenvalue weighted by Crippen LogP contribution is -2.39. The number of piperidine rings is 1. The molecule has 5 nitrogen and oxygen atoms in total. The molecule has 1 amide bonds. The van der Waals surface area contributed by atoms with E-state index in [1.54, 1.807) is 11.3 Å². The summed E-state index contributed by atoms with van der Waals surface area (Å²) in [6.07, 6.45) is 7.89. The number of carbonyl (C=O) groups excluding carboxylic acids is 1. The van der Waals surface area contributed by atoms with Crippen molar-refractivity contribution >= 4 is 17.2 Å². The molecule has 0 bridgehead atoms. The number of aromatic nitrogens is 2. The highest BCUT2D eigenvalue weighted by atomic mass is 32.1. The lowest BCUT2D eigenvalue weighted by molar-refractivity contribution is 0.0685. The minimum Gasteiger partial charge on any atom is -0.329 e. The zero-order valence-electron chi connectivity index (χ0n) is 15.1. The lowest BCUT2D eigenvalue weighted by atomic mass is 9.93. The second kappa shape index (κ2) is 6.50. The summed E-state index contributed by atoms with van der Waals surface area (Å²) in [7, 11) is 0. The van der Waals surface area contributed by atoms with Crippen LogP contribution in [0.25, 0.3) is 0 Å². The molecule has 1 atom stereocenters. The van der Waals surface area contributed by atoms with Crippen LogP contribution in [0.4, 0.5) is 0 Å². The van der Waals surface area contributed by atoms with Crippen molar-refractivity contribution in [1.82, 2.24) is 20.4 Å². The van der Waals surface area contributed by atoms with Crippen LogP contribution in [0.5, 0.6) is 0 Å². The van der Waals surface area contributed by atoms with Crippen LogP contribution >= 0.6 is 11.3 Å². The largest absolute Gasteiger partial charge is 0.329 e. The highest BCUT2D eigenvalue weighted by molar-refractivity contribution is 7.07. The van der Waals surface area contributed by atoms with Crippen LogP contribution in [0.1, 0.15) is 59.4 Å². The van der Waals surface area contributed by atoms with Gasteiger partial charge in [0.1, 0.15) is 0 Å². The summed E-state index contributed by atoms with van der Waals surface area (Å²) in [5.74, 6) is 0.135. The van der Waals surface area contributed by atoms with E-state index in [1.807, 2.05) is 0 Å². The third-order valence-corrected chi connectivity index (χ3v) is 7.31. The van der Waals surface area contributed by atoms with E-state index in [-0.39, 0.29) is 5.91 Å². The second-order valence-electron chi connectivity index (χ2n) is 8.13. The predicted molar refractivity (Wildman–Crippen MR) is 102 cm³/mol. The maximum absolute atomic E-state index is 13.5. The summed E-state index contributed by atoms with van der Waals surface area (Å²) < 4.78 is 0. The van der Waals surface area contributed by atoms with E-state index >= 15 is 0 Å². The van der Waals surface area contributed by atoms with Gasteiger partial charge in [0.05, 0.1) is 0 Å². The second-order valence-corrected chi connectivity index (χ2v) is 8.91. The highest BCUT2D eigenvalue weighted by Gasteiger charge is 2.58. The highest BCUT2D eigenvalue weighted by Crippen LogP contribution is 2.56. The SMILES string of the molecule is O=C(c1n[nH]c2c1CCCC2)N(Cc1ccsc1)[C@H]1CC12CCNCC2. The fourth-order valence-electron chi connectivity index (χ4n) is 4.93. The number of thiophene rings is 1. The standard InChI is InChI=1S/C20H26N4OS/c25-19(18-15-3-1-2-4-16(15)22-23-18)24(12-14-5-10-26-13-14)17-11-20(17)6-8-21-9-7-20/h5,10,13,17,21H,1-4,6-9,11-12H2,(H,22,23)/t17-/m0/s1. The van der Waals surface area contributed by atoms with E-state index in [0.29, 0.717) is 23.7 Å². The van der Waals surface area contributed by atoms with Crippen LogP contribution < -0.4 is 5.32 Å². The summed E-state index contributed by atoms with van der Waals surface area (Å²) in [4.78, 5) is 15.7. The molecule has 1 saturated carbocycles. The Morgan fingerprint density at radius 1 is 1.31 bits per heavy atom. The smallest absolute Gasteiger partial charge is 0.275 e. The van der Waals surface area contributed by atoms with E-state index in [9.17, 15) is 4.79 Å². The molecule has 0 aromatic carbocycles. The van der Waals surface area contributed by atoms with E-state index in [4.69, 9.17) is 0 Å². The number of nitrogens with one attached hydrogen (secondary N) is 2. The first kappa shape index (κ1) is 16.5. The molecular formula is C20H26N4OS. The Kier molecular flexibility index (Phi) is 4.13. The molecule has 138 valence electrons. The molecule has 1 aliphatic heterocycles. The monoisotopic (exact) mass is 370 g/mol. The van der Waals surface area contributed by atoms with Crippen molar-refractivity contribution < 1.29 is 4.79 Å². The number of H-pyrrole nitrogens is 1. The van der Waals surface area contributed by atoms with Crippen molar-refractivity contribution in [1.29, 1.82) is 0 Å². The number of aromatic amines is 1. The number of hydrogen-bond acceptors (Lipinski definition) is 4. The van der Waals surface area contributed by atoms with Crippen LogP contribution in [0.3, 0.4) is 0 Å². The molecule has 0 unspecified atom stereocenters. The third kappa shape index (κ3) is 2.79. The quantitative estimate of drug-likeness (QED) is 0.869. The summed E-state index contributed by atoms with van der Waals surface area (Å²) in [5, 5.41) is 15.3. The maximum atomic E-state index is 13.5. The number of rotatable bonds is 4. The van der Waals surface area contributed by atoms with E-state index in [1.165, 1.54) is 36.1 Å². The summed E-state index contributed by atoms with van der Waals surface area (Å²) in [6.45, 7) is 2.87. The fraction of sp³-hybridized carbons (Fsp3) is 0.600. The molecule has 1 spiro atoms. The average molecular weight is 371 g/mol. The van der Waals surface area contributed by atoms with Crippen molar-refractivity contribution in [2.45, 2.75) is 57.5 Å². The van der Waals surface area contributed by atoms with Crippen LogP contribution in [-0.2, 0) is 19.4 Å². The number of nitrogens with zero attached hydrogens (tertiary/aromatic N) is 2. The fourth-order valence-corrected chi connectivity index (χ4v) is 5.59. The van der Waals surface area contributed by atoms with Crippen molar-refractivity contribution in [2.24, 2.45) is 5.41 Å². The molecule has 3 aliphatic rings. The van der Waals surface area contributed by atoms with Crippen molar-refractivity contribution in [3.63, 3.8) is 0 Å². The molecule has 2 N–H and O–H groups in total. The Morgan fingerprint density at radius 2 is 2.15 bits per heavy atom. The van der Waals surface area contributed by atoms with Gasteiger partial charge in [-0.15, -0.1) is 0 Å². The van der Waals surface area contributed by atoms with Gasteiger partial charge in [-0.25, -0.2) is 0 Å². The maximum Gasteiger partial charge on any atom is 0.275 e. The van der Waals surface area contributed by atoms with E-state index in [2.05, 4.69) is 37.2 Å². The van der Waals surface area contributed by atoms with Gasteiger partial charge in [-0.1, -0.05) is 0 Å². The third-order valence-electron chi connectivity index (χ3n) is 6.57. The summed E-state index contributed by atoms with van der Waals surface area (Å²) in [5.41, 5.74) is 4.63. The molecule has 2 aromatic rings. The molecule has 5 rings (SSSR count). The number of carbonyl (C=O) groups is 1. The van der Waals surface area contributed by atoms with Gasteiger partial charge >= 0.3 is 0 Å². The summed E-state index contributed by atoms with van der Waals surface area (Å²) in [6, 6.07) is 2.51. The van der Waals surface area contributed by atoms with E-state index in [0.717, 1.165) is 38.8 Å². The Morgan fingerprint density at radius 3 is 2.96 bits per heavy atom. The molecule has 2 aliphatic carbocycles. The Balaban J connectivity index is 1.44. The Bertz CT molecular complexity index is 791. The van der Waals surface area contributed by atoms with Gasteiger partial charge < -0.3 is 10.2 Å². The van der Waals surface area contributed by atoms with Gasteiger partial charge in [0.15, 0.2) is 5.69 Å². The first-order valence-corrected chi connectivity index (χ1v) is 10.8. The molecule has 2 fully saturated rings. The van der Waals surface area contributed by atoms with Gasteiger partial charge in [0.2, 0.25) is 0 Å².